The number of imidazole rings is 1. The minimum atomic E-state index is -0.183. The van der Waals surface area contributed by atoms with Gasteiger partial charge in [-0.25, -0.2) is 9.36 Å². The average Bonchev–Trinajstić information content (AvgIpc) is 2.87. The number of hydrogen-bond donors (Lipinski definition) is 1. The first-order valence-corrected chi connectivity index (χ1v) is 5.85. The second-order valence-electron chi connectivity index (χ2n) is 4.12. The van der Waals surface area contributed by atoms with Gasteiger partial charge in [0.1, 0.15) is 0 Å². The summed E-state index contributed by atoms with van der Waals surface area (Å²) in [4.78, 5) is 12.1. The van der Waals surface area contributed by atoms with E-state index in [0.717, 1.165) is 18.5 Å². The topological polar surface area (TPSA) is 47.2 Å². The Bertz CT molecular complexity index is 625. The molecule has 1 aromatic carbocycles. The van der Waals surface area contributed by atoms with Crippen molar-refractivity contribution in [1.82, 2.24) is 9.13 Å². The van der Waals surface area contributed by atoms with Crippen LogP contribution in [0.5, 0.6) is 5.88 Å². The molecule has 3 rings (SSSR count). The molecular formula is C12H11ClN2O2. The molecule has 0 bridgehead atoms. The number of nitrogens with zero attached hydrogens (tertiary/aromatic N) is 2. The maximum absolute atomic E-state index is 12.1. The molecule has 0 radical (unpaired) electrons. The molecule has 0 spiro atoms. The maximum atomic E-state index is 12.1. The van der Waals surface area contributed by atoms with Crippen molar-refractivity contribution in [2.45, 2.75) is 19.4 Å². The quantitative estimate of drug-likeness (QED) is 0.841. The van der Waals surface area contributed by atoms with Gasteiger partial charge in [0.15, 0.2) is 0 Å². The van der Waals surface area contributed by atoms with Gasteiger partial charge in [0.2, 0.25) is 5.88 Å². The minimum absolute atomic E-state index is 0.0508. The Hall–Kier alpha value is -1.68. The molecule has 1 N–H and O–H groups in total. The van der Waals surface area contributed by atoms with Crippen molar-refractivity contribution in [2.24, 2.45) is 0 Å². The third kappa shape index (κ3) is 1.48. The maximum Gasteiger partial charge on any atom is 0.335 e. The van der Waals surface area contributed by atoms with Crippen LogP contribution in [-0.2, 0) is 13.0 Å². The fourth-order valence-electron chi connectivity index (χ4n) is 2.28. The van der Waals surface area contributed by atoms with Gasteiger partial charge in [-0.2, -0.15) is 0 Å². The van der Waals surface area contributed by atoms with E-state index in [1.54, 1.807) is 28.8 Å². The zero-order valence-corrected chi connectivity index (χ0v) is 9.81. The molecule has 1 aliphatic heterocycles. The Morgan fingerprint density at radius 3 is 2.59 bits per heavy atom. The summed E-state index contributed by atoms with van der Waals surface area (Å²) in [5.74, 6) is 0.0508. The second-order valence-corrected chi connectivity index (χ2v) is 4.56. The number of fused-ring (bicyclic) bond motifs is 1. The van der Waals surface area contributed by atoms with E-state index in [0.29, 0.717) is 17.3 Å². The zero-order valence-electron chi connectivity index (χ0n) is 9.06. The van der Waals surface area contributed by atoms with E-state index in [2.05, 4.69) is 0 Å². The predicted octanol–water partition coefficient (Wildman–Crippen LogP) is 1.94. The summed E-state index contributed by atoms with van der Waals surface area (Å²) in [6, 6.07) is 6.84. The van der Waals surface area contributed by atoms with Crippen LogP contribution in [0, 0.1) is 0 Å². The zero-order chi connectivity index (χ0) is 12.0. The highest BCUT2D eigenvalue weighted by Crippen LogP contribution is 2.26. The lowest BCUT2D eigenvalue weighted by molar-refractivity contribution is 0.435. The first-order chi connectivity index (χ1) is 8.18. The molecule has 0 atom stereocenters. The molecule has 0 aliphatic carbocycles. The van der Waals surface area contributed by atoms with Crippen LogP contribution in [0.4, 0.5) is 0 Å². The van der Waals surface area contributed by atoms with Gasteiger partial charge >= 0.3 is 5.69 Å². The van der Waals surface area contributed by atoms with Gasteiger partial charge in [-0.15, -0.1) is 0 Å². The number of aromatic nitrogens is 2. The van der Waals surface area contributed by atoms with E-state index in [9.17, 15) is 9.90 Å². The van der Waals surface area contributed by atoms with Crippen molar-refractivity contribution in [3.05, 3.63) is 45.5 Å². The van der Waals surface area contributed by atoms with Crippen LogP contribution >= 0.6 is 11.6 Å². The fraction of sp³-hybridized carbons (Fsp3) is 0.250. The first-order valence-electron chi connectivity index (χ1n) is 5.48. The number of halogens is 1. The Morgan fingerprint density at radius 1 is 1.24 bits per heavy atom. The van der Waals surface area contributed by atoms with E-state index in [1.807, 2.05) is 0 Å². The molecular weight excluding hydrogens is 240 g/mol. The lowest BCUT2D eigenvalue weighted by Gasteiger charge is -2.03. The Balaban J connectivity index is 2.22. The molecule has 5 heteroatoms. The van der Waals surface area contributed by atoms with Crippen molar-refractivity contribution in [1.29, 1.82) is 0 Å². The van der Waals surface area contributed by atoms with Crippen LogP contribution in [-0.4, -0.2) is 14.2 Å². The van der Waals surface area contributed by atoms with Crippen molar-refractivity contribution >= 4 is 11.6 Å². The molecule has 0 fully saturated rings. The summed E-state index contributed by atoms with van der Waals surface area (Å²) < 4.78 is 2.95. The highest BCUT2D eigenvalue weighted by atomic mass is 35.5. The van der Waals surface area contributed by atoms with Crippen LogP contribution in [0.3, 0.4) is 0 Å². The molecule has 17 heavy (non-hydrogen) atoms. The normalized spacial score (nSPS) is 13.9. The summed E-state index contributed by atoms with van der Waals surface area (Å²) in [5, 5.41) is 10.7. The molecule has 0 amide bonds. The molecule has 2 aromatic rings. The smallest absolute Gasteiger partial charge is 0.335 e. The van der Waals surface area contributed by atoms with Gasteiger partial charge in [0.05, 0.1) is 11.4 Å². The second kappa shape index (κ2) is 3.67. The molecule has 4 nitrogen and oxygen atoms in total. The summed E-state index contributed by atoms with van der Waals surface area (Å²) >= 11 is 5.80. The molecule has 88 valence electrons. The van der Waals surface area contributed by atoms with Crippen LogP contribution in [0.2, 0.25) is 5.02 Å². The molecule has 0 saturated carbocycles. The van der Waals surface area contributed by atoms with Gasteiger partial charge in [-0.3, -0.25) is 4.57 Å². The molecule has 1 aliphatic rings. The summed E-state index contributed by atoms with van der Waals surface area (Å²) in [7, 11) is 0. The van der Waals surface area contributed by atoms with Crippen molar-refractivity contribution < 1.29 is 5.11 Å². The van der Waals surface area contributed by atoms with Crippen LogP contribution in [0.15, 0.2) is 29.1 Å². The van der Waals surface area contributed by atoms with Crippen molar-refractivity contribution in [3.63, 3.8) is 0 Å². The van der Waals surface area contributed by atoms with E-state index in [1.165, 1.54) is 4.57 Å². The van der Waals surface area contributed by atoms with Gasteiger partial charge in [-0.1, -0.05) is 11.6 Å². The van der Waals surface area contributed by atoms with E-state index < -0.39 is 0 Å². The van der Waals surface area contributed by atoms with Crippen LogP contribution in [0.25, 0.3) is 5.69 Å². The van der Waals surface area contributed by atoms with E-state index in [-0.39, 0.29) is 11.6 Å². The Kier molecular flexibility index (Phi) is 2.26. The van der Waals surface area contributed by atoms with Crippen LogP contribution in [0.1, 0.15) is 12.1 Å². The largest absolute Gasteiger partial charge is 0.493 e. The lowest BCUT2D eigenvalue weighted by atomic mass is 10.3. The van der Waals surface area contributed by atoms with Gasteiger partial charge in [-0.05, 0) is 37.1 Å². The van der Waals surface area contributed by atoms with Crippen LogP contribution < -0.4 is 5.69 Å². The first kappa shape index (κ1) is 10.5. The molecule has 1 aromatic heterocycles. The van der Waals surface area contributed by atoms with Crippen molar-refractivity contribution in [2.75, 3.05) is 0 Å². The Labute approximate surface area is 103 Å². The van der Waals surface area contributed by atoms with Gasteiger partial charge in [0.25, 0.3) is 0 Å². The summed E-state index contributed by atoms with van der Waals surface area (Å²) in [5.41, 5.74) is 1.18. The molecule has 2 heterocycles. The standard InChI is InChI=1S/C12H11ClN2O2/c13-8-3-5-9(6-4-8)15-11(16)10-2-1-7-14(10)12(15)17/h3-6,16H,1-2,7H2. The highest BCUT2D eigenvalue weighted by molar-refractivity contribution is 6.30. The van der Waals surface area contributed by atoms with E-state index >= 15 is 0 Å². The number of hydrogen-bond acceptors (Lipinski definition) is 2. The van der Waals surface area contributed by atoms with Gasteiger partial charge in [0, 0.05) is 11.6 Å². The predicted molar refractivity (Wildman–Crippen MR) is 65.0 cm³/mol. The van der Waals surface area contributed by atoms with E-state index in [4.69, 9.17) is 11.6 Å². The summed E-state index contributed by atoms with van der Waals surface area (Å²) in [6.45, 7) is 0.683. The van der Waals surface area contributed by atoms with Crippen molar-refractivity contribution in [3.8, 4) is 11.6 Å². The third-order valence-corrected chi connectivity index (χ3v) is 3.35. The number of aromatic hydroxyl groups is 1. The lowest BCUT2D eigenvalue weighted by Crippen LogP contribution is -2.22. The number of benzene rings is 1. The summed E-state index contributed by atoms with van der Waals surface area (Å²) in [6.07, 6.45) is 1.67. The SMILES string of the molecule is O=c1n2c(c(O)n1-c1ccc(Cl)cc1)CCC2. The Morgan fingerprint density at radius 2 is 1.94 bits per heavy atom. The monoisotopic (exact) mass is 250 g/mol. The molecule has 0 saturated heterocycles. The van der Waals surface area contributed by atoms with Gasteiger partial charge < -0.3 is 5.11 Å². The fourth-order valence-corrected chi connectivity index (χ4v) is 2.41. The minimum Gasteiger partial charge on any atom is -0.493 e. The number of rotatable bonds is 1. The average molecular weight is 251 g/mol. The third-order valence-electron chi connectivity index (χ3n) is 3.10. The highest BCUT2D eigenvalue weighted by Gasteiger charge is 2.23. The molecule has 0 unspecified atom stereocenters.